The van der Waals surface area contributed by atoms with E-state index < -0.39 is 47.9 Å². The first-order valence-electron chi connectivity index (χ1n) is 14.7. The van der Waals surface area contributed by atoms with Gasteiger partial charge in [-0.25, -0.2) is 9.78 Å². The fourth-order valence-corrected chi connectivity index (χ4v) is 5.05. The van der Waals surface area contributed by atoms with E-state index in [9.17, 15) is 29.4 Å². The summed E-state index contributed by atoms with van der Waals surface area (Å²) in [7, 11) is 0. The zero-order valence-corrected chi connectivity index (χ0v) is 25.1. The molecule has 2 aromatic heterocycles. The summed E-state index contributed by atoms with van der Waals surface area (Å²) < 4.78 is 0. The van der Waals surface area contributed by atoms with Crippen molar-refractivity contribution >= 4 is 34.6 Å². The van der Waals surface area contributed by atoms with E-state index in [1.165, 1.54) is 24.7 Å². The Bertz CT molecular complexity index is 1600. The maximum absolute atomic E-state index is 13.6. The molecule has 45 heavy (non-hydrogen) atoms. The van der Waals surface area contributed by atoms with Gasteiger partial charge in [0.05, 0.1) is 12.4 Å². The van der Waals surface area contributed by atoms with Crippen LogP contribution in [0.1, 0.15) is 37.1 Å². The number of rotatable bonds is 15. The van der Waals surface area contributed by atoms with Crippen molar-refractivity contribution in [2.45, 2.75) is 63.7 Å². The molecule has 4 rings (SSSR count). The molecular weight excluding hydrogens is 578 g/mol. The van der Waals surface area contributed by atoms with Crippen LogP contribution in [0.2, 0.25) is 0 Å². The molecule has 0 saturated carbocycles. The number of nitrogens with zero attached hydrogens (tertiary/aromatic N) is 1. The monoisotopic (exact) mass is 617 g/mol. The van der Waals surface area contributed by atoms with Crippen molar-refractivity contribution in [3.8, 4) is 5.75 Å². The maximum atomic E-state index is 13.6. The average molecular weight is 618 g/mol. The van der Waals surface area contributed by atoms with E-state index in [-0.39, 0.29) is 37.4 Å². The minimum atomic E-state index is -1.30. The molecule has 4 atom stereocenters. The molecule has 4 unspecified atom stereocenters. The predicted octanol–water partition coefficient (Wildman–Crippen LogP) is 1.54. The molecule has 2 aromatic carbocycles. The first-order chi connectivity index (χ1) is 21.5. The third-order valence-corrected chi connectivity index (χ3v) is 7.39. The summed E-state index contributed by atoms with van der Waals surface area (Å²) in [4.78, 5) is 62.2. The van der Waals surface area contributed by atoms with Crippen LogP contribution in [0.3, 0.4) is 0 Å². The van der Waals surface area contributed by atoms with Gasteiger partial charge in [0.2, 0.25) is 17.7 Å². The number of carboxylic acids is 1. The van der Waals surface area contributed by atoms with Crippen molar-refractivity contribution in [1.82, 2.24) is 30.9 Å². The lowest BCUT2D eigenvalue weighted by molar-refractivity contribution is -0.142. The molecule has 238 valence electrons. The van der Waals surface area contributed by atoms with Gasteiger partial charge in [-0.2, -0.15) is 0 Å². The van der Waals surface area contributed by atoms with Gasteiger partial charge in [0.1, 0.15) is 23.9 Å². The Morgan fingerprint density at radius 2 is 1.51 bits per heavy atom. The highest BCUT2D eigenvalue weighted by molar-refractivity contribution is 5.94. The zero-order chi connectivity index (χ0) is 32.5. The number of nitrogens with two attached hydrogens (primary N) is 1. The van der Waals surface area contributed by atoms with Crippen LogP contribution in [0, 0.1) is 5.92 Å². The van der Waals surface area contributed by atoms with Gasteiger partial charge in [0.25, 0.3) is 0 Å². The number of carbonyl (C=O) groups is 4. The minimum Gasteiger partial charge on any atom is -0.508 e. The van der Waals surface area contributed by atoms with Crippen LogP contribution < -0.4 is 21.7 Å². The number of benzene rings is 2. The first-order valence-corrected chi connectivity index (χ1v) is 14.7. The van der Waals surface area contributed by atoms with Crippen LogP contribution in [0.25, 0.3) is 10.9 Å². The fraction of sp³-hybridized carbons (Fsp3) is 0.344. The number of aromatic hydroxyl groups is 1. The normalized spacial score (nSPS) is 14.0. The second-order valence-corrected chi connectivity index (χ2v) is 11.5. The molecule has 4 aromatic rings. The highest BCUT2D eigenvalue weighted by Crippen LogP contribution is 2.19. The van der Waals surface area contributed by atoms with Gasteiger partial charge in [0, 0.05) is 41.8 Å². The first kappa shape index (κ1) is 32.7. The number of phenolic OH excluding ortho intramolecular Hbond substituents is 1. The number of H-pyrrole nitrogens is 2. The topological polar surface area (TPSA) is 215 Å². The van der Waals surface area contributed by atoms with Crippen molar-refractivity contribution in [2.75, 3.05) is 0 Å². The Morgan fingerprint density at radius 1 is 0.844 bits per heavy atom. The summed E-state index contributed by atoms with van der Waals surface area (Å²) in [5.41, 5.74) is 9.18. The number of aromatic nitrogens is 3. The summed E-state index contributed by atoms with van der Waals surface area (Å²) in [5, 5.41) is 28.4. The number of para-hydroxylation sites is 1. The number of carboxylic acid groups (broad SMARTS) is 1. The molecule has 2 heterocycles. The summed E-state index contributed by atoms with van der Waals surface area (Å²) in [5.74, 6) is -3.10. The highest BCUT2D eigenvalue weighted by Gasteiger charge is 2.31. The average Bonchev–Trinajstić information content (AvgIpc) is 3.67. The number of hydrogen-bond acceptors (Lipinski definition) is 7. The minimum absolute atomic E-state index is 0.000984. The van der Waals surface area contributed by atoms with E-state index >= 15 is 0 Å². The number of aliphatic carboxylic acids is 1. The largest absolute Gasteiger partial charge is 0.508 e. The molecule has 0 radical (unpaired) electrons. The molecule has 0 aliphatic rings. The van der Waals surface area contributed by atoms with Crippen LogP contribution >= 0.6 is 0 Å². The van der Waals surface area contributed by atoms with Crippen LogP contribution in [0.5, 0.6) is 5.75 Å². The number of fused-ring (bicyclic) bond motifs is 1. The molecular formula is C32H39N7O6. The lowest BCUT2D eigenvalue weighted by Gasteiger charge is -2.26. The van der Waals surface area contributed by atoms with Crippen molar-refractivity contribution in [3.63, 3.8) is 0 Å². The lowest BCUT2D eigenvalue weighted by atomic mass is 9.99. The predicted molar refractivity (Wildman–Crippen MR) is 167 cm³/mol. The van der Waals surface area contributed by atoms with Crippen LogP contribution in [0.4, 0.5) is 0 Å². The molecule has 0 fully saturated rings. The van der Waals surface area contributed by atoms with Gasteiger partial charge in [-0.15, -0.1) is 0 Å². The van der Waals surface area contributed by atoms with Gasteiger partial charge in [-0.1, -0.05) is 44.2 Å². The van der Waals surface area contributed by atoms with E-state index in [1.807, 2.05) is 38.1 Å². The Kier molecular flexibility index (Phi) is 10.9. The van der Waals surface area contributed by atoms with Crippen molar-refractivity contribution in [1.29, 1.82) is 0 Å². The number of imidazole rings is 1. The Balaban J connectivity index is 1.49. The number of amides is 3. The highest BCUT2D eigenvalue weighted by atomic mass is 16.4. The molecule has 0 saturated heterocycles. The van der Waals surface area contributed by atoms with Crippen LogP contribution in [-0.4, -0.2) is 73.0 Å². The number of carbonyl (C=O) groups excluding carboxylic acids is 3. The molecule has 9 N–H and O–H groups in total. The molecule has 0 spiro atoms. The van der Waals surface area contributed by atoms with E-state index in [0.29, 0.717) is 11.3 Å². The van der Waals surface area contributed by atoms with Gasteiger partial charge < -0.3 is 41.9 Å². The van der Waals surface area contributed by atoms with Crippen molar-refractivity contribution in [2.24, 2.45) is 11.7 Å². The summed E-state index contributed by atoms with van der Waals surface area (Å²) in [6.45, 7) is 3.79. The summed E-state index contributed by atoms with van der Waals surface area (Å²) in [6.07, 6.45) is 5.12. The van der Waals surface area contributed by atoms with Gasteiger partial charge in [0.15, 0.2) is 0 Å². The third-order valence-electron chi connectivity index (χ3n) is 7.39. The lowest BCUT2D eigenvalue weighted by Crippen LogP contribution is -2.58. The standard InChI is InChI=1S/C32H39N7O6/c1-18(2)11-26(37-29(41)24(33)13-20-15-35-25-6-4-3-5-23(20)25)30(42)38-27(12-19-7-9-22(40)10-8-19)31(43)39-28(32(44)45)14-21-16-34-17-36-21/h3-10,15-18,24,26-28,35,40H,11-14,33H2,1-2H3,(H,34,36)(H,37,41)(H,38,42)(H,39,43)(H,44,45). The van der Waals surface area contributed by atoms with E-state index in [4.69, 9.17) is 5.73 Å². The molecule has 13 nitrogen and oxygen atoms in total. The van der Waals surface area contributed by atoms with E-state index in [2.05, 4.69) is 30.9 Å². The van der Waals surface area contributed by atoms with E-state index in [1.54, 1.807) is 18.3 Å². The summed E-state index contributed by atoms with van der Waals surface area (Å²) >= 11 is 0. The van der Waals surface area contributed by atoms with Crippen LogP contribution in [0.15, 0.2) is 67.3 Å². The van der Waals surface area contributed by atoms with Crippen LogP contribution in [-0.2, 0) is 38.4 Å². The summed E-state index contributed by atoms with van der Waals surface area (Å²) in [6, 6.07) is 9.29. The van der Waals surface area contributed by atoms with Gasteiger partial charge in [-0.3, -0.25) is 14.4 Å². The Labute approximate surface area is 260 Å². The maximum Gasteiger partial charge on any atom is 0.326 e. The Morgan fingerprint density at radius 3 is 2.18 bits per heavy atom. The molecule has 0 aliphatic carbocycles. The smallest absolute Gasteiger partial charge is 0.326 e. The second-order valence-electron chi connectivity index (χ2n) is 11.5. The SMILES string of the molecule is CC(C)CC(NC(=O)C(N)Cc1c[nH]c2ccccc12)C(=O)NC(Cc1ccc(O)cc1)C(=O)NC(Cc1cnc[nH]1)C(=O)O. The van der Waals surface area contributed by atoms with Gasteiger partial charge >= 0.3 is 5.97 Å². The number of nitrogens with one attached hydrogen (secondary N) is 5. The molecule has 0 aliphatic heterocycles. The fourth-order valence-electron chi connectivity index (χ4n) is 5.05. The third kappa shape index (κ3) is 9.16. The number of aromatic amines is 2. The molecule has 3 amide bonds. The quantitative estimate of drug-likeness (QED) is 0.0977. The van der Waals surface area contributed by atoms with Crippen molar-refractivity contribution in [3.05, 3.63) is 84.1 Å². The number of hydrogen-bond donors (Lipinski definition) is 8. The number of phenols is 1. The molecule has 13 heteroatoms. The molecule has 0 bridgehead atoms. The zero-order valence-electron chi connectivity index (χ0n) is 25.1. The van der Waals surface area contributed by atoms with E-state index in [0.717, 1.165) is 16.5 Å². The van der Waals surface area contributed by atoms with Gasteiger partial charge in [-0.05, 0) is 48.1 Å². The second kappa shape index (κ2) is 15.0. The Hall–Kier alpha value is -5.17. The van der Waals surface area contributed by atoms with Crippen molar-refractivity contribution < 1.29 is 29.4 Å².